The fourth-order valence-electron chi connectivity index (χ4n) is 4.99. The number of unbranched alkanes of at least 4 members (excludes halogenated alkanes) is 24. The van der Waals surface area contributed by atoms with Gasteiger partial charge in [-0.2, -0.15) is 0 Å². The molecule has 1 atom stereocenters. The molecule has 0 bridgehead atoms. The number of carbonyl (C=O) groups excluding carboxylic acids is 2. The minimum absolute atomic E-state index is 0.0863. The van der Waals surface area contributed by atoms with E-state index in [9.17, 15) is 14.7 Å². The van der Waals surface area contributed by atoms with Crippen molar-refractivity contribution in [3.63, 3.8) is 0 Å². The van der Waals surface area contributed by atoms with Crippen molar-refractivity contribution < 1.29 is 24.2 Å². The Labute approximate surface area is 236 Å². The van der Waals surface area contributed by atoms with E-state index in [-0.39, 0.29) is 19.2 Å². The van der Waals surface area contributed by atoms with Gasteiger partial charge in [0.1, 0.15) is 6.61 Å². The van der Waals surface area contributed by atoms with Crippen LogP contribution in [0.25, 0.3) is 0 Å². The van der Waals surface area contributed by atoms with Crippen LogP contribution in [-0.4, -0.2) is 36.4 Å². The molecule has 0 aromatic carbocycles. The summed E-state index contributed by atoms with van der Waals surface area (Å²) in [5, 5.41) is 9.19. The fourth-order valence-corrected chi connectivity index (χ4v) is 4.99. The van der Waals surface area contributed by atoms with Gasteiger partial charge in [-0.05, 0) is 6.42 Å². The van der Waals surface area contributed by atoms with Crippen LogP contribution in [-0.2, 0) is 19.1 Å². The van der Waals surface area contributed by atoms with Gasteiger partial charge in [-0.3, -0.25) is 9.59 Å². The Kier molecular flexibility index (Phi) is 29.6. The summed E-state index contributed by atoms with van der Waals surface area (Å²) in [5.41, 5.74) is 0. The average molecular weight is 541 g/mol. The quantitative estimate of drug-likeness (QED) is 0.0725. The highest BCUT2D eigenvalue weighted by Crippen LogP contribution is 2.16. The normalized spacial score (nSPS) is 12.0. The molecule has 1 unspecified atom stereocenters. The molecule has 0 radical (unpaired) electrons. The van der Waals surface area contributed by atoms with Crippen molar-refractivity contribution in [2.45, 2.75) is 187 Å². The van der Waals surface area contributed by atoms with E-state index >= 15 is 0 Å². The summed E-state index contributed by atoms with van der Waals surface area (Å²) in [4.78, 5) is 22.6. The maximum absolute atomic E-state index is 11.8. The van der Waals surface area contributed by atoms with Gasteiger partial charge in [0.25, 0.3) is 0 Å². The number of ether oxygens (including phenoxy) is 2. The van der Waals surface area contributed by atoms with Crippen molar-refractivity contribution in [3.8, 4) is 0 Å². The smallest absolute Gasteiger partial charge is 0.306 e. The Balaban J connectivity index is 3.21. The third-order valence-corrected chi connectivity index (χ3v) is 7.46. The molecule has 0 heterocycles. The van der Waals surface area contributed by atoms with Gasteiger partial charge in [-0.25, -0.2) is 0 Å². The summed E-state index contributed by atoms with van der Waals surface area (Å²) in [7, 11) is 0. The molecule has 5 heteroatoms. The van der Waals surface area contributed by atoms with Crippen LogP contribution in [0.15, 0.2) is 0 Å². The van der Waals surface area contributed by atoms with Gasteiger partial charge in [0, 0.05) is 13.3 Å². The van der Waals surface area contributed by atoms with E-state index in [2.05, 4.69) is 6.92 Å². The summed E-state index contributed by atoms with van der Waals surface area (Å²) in [6, 6.07) is 0. The predicted octanol–water partition coefficient (Wildman–Crippen LogP) is 9.62. The first-order valence-corrected chi connectivity index (χ1v) is 16.5. The topological polar surface area (TPSA) is 72.8 Å². The van der Waals surface area contributed by atoms with Gasteiger partial charge in [-0.15, -0.1) is 0 Å². The number of aliphatic hydroxyl groups excluding tert-OH is 1. The van der Waals surface area contributed by atoms with E-state index in [1.54, 1.807) is 0 Å². The lowest BCUT2D eigenvalue weighted by Crippen LogP contribution is -2.28. The van der Waals surface area contributed by atoms with Gasteiger partial charge in [0.15, 0.2) is 6.10 Å². The monoisotopic (exact) mass is 540 g/mol. The molecule has 0 aliphatic heterocycles. The molecule has 38 heavy (non-hydrogen) atoms. The van der Waals surface area contributed by atoms with Crippen LogP contribution in [0.2, 0.25) is 0 Å². The Hall–Kier alpha value is -1.10. The van der Waals surface area contributed by atoms with Crippen LogP contribution in [0.3, 0.4) is 0 Å². The van der Waals surface area contributed by atoms with E-state index in [1.807, 2.05) is 0 Å². The molecule has 0 aromatic rings. The SMILES string of the molecule is CCCCCCCCCCCCCCCCCCCCCCCCCCCC(=O)OC(CO)COC(C)=O. The molecule has 0 aromatic heterocycles. The maximum atomic E-state index is 11.8. The molecule has 0 fully saturated rings. The van der Waals surface area contributed by atoms with Crippen LogP contribution >= 0.6 is 0 Å². The molecule has 0 saturated carbocycles. The van der Waals surface area contributed by atoms with E-state index in [0.717, 1.165) is 19.3 Å². The van der Waals surface area contributed by atoms with Gasteiger partial charge < -0.3 is 14.6 Å². The van der Waals surface area contributed by atoms with E-state index in [0.29, 0.717) is 6.42 Å². The summed E-state index contributed by atoms with van der Waals surface area (Å²) >= 11 is 0. The van der Waals surface area contributed by atoms with Crippen molar-refractivity contribution in [2.24, 2.45) is 0 Å². The second-order valence-corrected chi connectivity index (χ2v) is 11.3. The highest BCUT2D eigenvalue weighted by molar-refractivity contribution is 5.69. The zero-order valence-corrected chi connectivity index (χ0v) is 25.5. The van der Waals surface area contributed by atoms with Gasteiger partial charge >= 0.3 is 11.9 Å². The van der Waals surface area contributed by atoms with Crippen molar-refractivity contribution in [1.29, 1.82) is 0 Å². The number of esters is 2. The Bertz CT molecular complexity index is 508. The number of aliphatic hydroxyl groups is 1. The number of hydrogen-bond donors (Lipinski definition) is 1. The summed E-state index contributed by atoms with van der Waals surface area (Å²) in [6.07, 6.45) is 33.6. The molecule has 0 aliphatic carbocycles. The lowest BCUT2D eigenvalue weighted by atomic mass is 10.0. The Morgan fingerprint density at radius 3 is 1.16 bits per heavy atom. The molecule has 0 aliphatic rings. The van der Waals surface area contributed by atoms with Crippen LogP contribution in [0.4, 0.5) is 0 Å². The Morgan fingerprint density at radius 1 is 0.553 bits per heavy atom. The molecular formula is C33H64O5. The minimum atomic E-state index is -0.759. The summed E-state index contributed by atoms with van der Waals surface area (Å²) < 4.78 is 9.92. The number of hydrogen-bond acceptors (Lipinski definition) is 5. The van der Waals surface area contributed by atoms with Crippen LogP contribution < -0.4 is 0 Å². The number of rotatable bonds is 30. The zero-order chi connectivity index (χ0) is 27.9. The highest BCUT2D eigenvalue weighted by Gasteiger charge is 2.14. The van der Waals surface area contributed by atoms with Crippen molar-refractivity contribution >= 4 is 11.9 Å². The molecule has 1 N–H and O–H groups in total. The van der Waals surface area contributed by atoms with E-state index < -0.39 is 12.1 Å². The summed E-state index contributed by atoms with van der Waals surface area (Å²) in [5.74, 6) is -0.773. The second-order valence-electron chi connectivity index (χ2n) is 11.3. The first-order valence-electron chi connectivity index (χ1n) is 16.5. The molecule has 0 amide bonds. The van der Waals surface area contributed by atoms with Crippen molar-refractivity contribution in [3.05, 3.63) is 0 Å². The first-order chi connectivity index (χ1) is 18.6. The molecule has 5 nitrogen and oxygen atoms in total. The van der Waals surface area contributed by atoms with Crippen molar-refractivity contribution in [2.75, 3.05) is 13.2 Å². The van der Waals surface area contributed by atoms with Gasteiger partial charge in [-0.1, -0.05) is 161 Å². The minimum Gasteiger partial charge on any atom is -0.462 e. The first kappa shape index (κ1) is 36.9. The third-order valence-electron chi connectivity index (χ3n) is 7.46. The zero-order valence-electron chi connectivity index (χ0n) is 25.5. The van der Waals surface area contributed by atoms with Crippen LogP contribution in [0.1, 0.15) is 181 Å². The molecule has 0 saturated heterocycles. The highest BCUT2D eigenvalue weighted by atomic mass is 16.6. The Morgan fingerprint density at radius 2 is 0.868 bits per heavy atom. The molecule has 226 valence electrons. The average Bonchev–Trinajstić information content (AvgIpc) is 2.90. The van der Waals surface area contributed by atoms with Crippen LogP contribution in [0, 0.1) is 0 Å². The van der Waals surface area contributed by atoms with E-state index in [4.69, 9.17) is 9.47 Å². The second kappa shape index (κ2) is 30.4. The van der Waals surface area contributed by atoms with Crippen molar-refractivity contribution in [1.82, 2.24) is 0 Å². The summed E-state index contributed by atoms with van der Waals surface area (Å²) in [6.45, 7) is 3.16. The molecule has 0 rings (SSSR count). The third kappa shape index (κ3) is 29.5. The van der Waals surface area contributed by atoms with Gasteiger partial charge in [0.2, 0.25) is 0 Å². The standard InChI is InChI=1S/C33H64O5/c1-3-4-5-6-7-8-9-10-11-12-13-14-15-16-17-18-19-20-21-22-23-24-25-26-27-28-33(36)38-32(29-34)30-37-31(2)35/h32,34H,3-30H2,1-2H3. The predicted molar refractivity (Wildman–Crippen MR) is 159 cm³/mol. The largest absolute Gasteiger partial charge is 0.462 e. The van der Waals surface area contributed by atoms with Gasteiger partial charge in [0.05, 0.1) is 6.61 Å². The lowest BCUT2D eigenvalue weighted by molar-refractivity contribution is -0.160. The number of carbonyl (C=O) groups is 2. The molecular weight excluding hydrogens is 476 g/mol. The van der Waals surface area contributed by atoms with Crippen LogP contribution in [0.5, 0.6) is 0 Å². The van der Waals surface area contributed by atoms with E-state index in [1.165, 1.54) is 148 Å². The maximum Gasteiger partial charge on any atom is 0.306 e. The fraction of sp³-hybridized carbons (Fsp3) is 0.939. The lowest BCUT2D eigenvalue weighted by Gasteiger charge is -2.15. The molecule has 0 spiro atoms.